The first kappa shape index (κ1) is 15.2. The Labute approximate surface area is 119 Å². The molecule has 2 rings (SSSR count). The van der Waals surface area contributed by atoms with Crippen molar-refractivity contribution in [1.29, 1.82) is 0 Å². The van der Waals surface area contributed by atoms with E-state index in [1.807, 2.05) is 6.92 Å². The van der Waals surface area contributed by atoms with Crippen LogP contribution in [0.3, 0.4) is 0 Å². The Hall–Kier alpha value is -1.15. The highest BCUT2D eigenvalue weighted by molar-refractivity contribution is 7.89. The zero-order valence-electron chi connectivity index (χ0n) is 11.8. The second-order valence-corrected chi connectivity index (χ2v) is 7.20. The van der Waals surface area contributed by atoms with Crippen LogP contribution >= 0.6 is 0 Å². The summed E-state index contributed by atoms with van der Waals surface area (Å²) < 4.78 is 32.2. The van der Waals surface area contributed by atoms with E-state index in [4.69, 9.17) is 10.6 Å². The number of methoxy groups -OCH3 is 1. The molecule has 0 bridgehead atoms. The first-order chi connectivity index (χ1) is 9.41. The Kier molecular flexibility index (Phi) is 4.33. The van der Waals surface area contributed by atoms with Crippen molar-refractivity contribution in [2.45, 2.75) is 30.3 Å². The lowest BCUT2D eigenvalue weighted by atomic mass is 9.96. The maximum absolute atomic E-state index is 12.6. The molecule has 1 saturated heterocycles. The number of nitrogens with zero attached hydrogens (tertiary/aromatic N) is 1. The lowest BCUT2D eigenvalue weighted by Crippen LogP contribution is -2.49. The molecule has 0 aromatic heterocycles. The van der Waals surface area contributed by atoms with Crippen LogP contribution in [0.15, 0.2) is 29.2 Å². The monoisotopic (exact) mass is 299 g/mol. The van der Waals surface area contributed by atoms with Crippen LogP contribution < -0.4 is 11.3 Å². The Morgan fingerprint density at radius 1 is 1.35 bits per heavy atom. The third kappa shape index (κ3) is 2.95. The summed E-state index contributed by atoms with van der Waals surface area (Å²) >= 11 is 0. The Balaban J connectivity index is 2.25. The van der Waals surface area contributed by atoms with E-state index in [-0.39, 0.29) is 4.90 Å². The molecule has 20 heavy (non-hydrogen) atoms. The lowest BCUT2D eigenvalue weighted by Gasteiger charge is -2.38. The summed E-state index contributed by atoms with van der Waals surface area (Å²) in [6.07, 6.45) is 1.66. The van der Waals surface area contributed by atoms with Gasteiger partial charge in [-0.1, -0.05) is 0 Å². The largest absolute Gasteiger partial charge is 0.377 e. The highest BCUT2D eigenvalue weighted by Crippen LogP contribution is 2.28. The molecule has 1 heterocycles. The summed E-state index contributed by atoms with van der Waals surface area (Å²) in [6.45, 7) is 2.84. The normalized spacial score (nSPS) is 24.6. The number of hydrogen-bond acceptors (Lipinski definition) is 5. The van der Waals surface area contributed by atoms with Gasteiger partial charge >= 0.3 is 0 Å². The SMILES string of the molecule is COC1(C)CCCN(S(=O)(=O)c2ccc(NN)cc2)C1. The van der Waals surface area contributed by atoms with Crippen molar-refractivity contribution in [1.82, 2.24) is 4.31 Å². The first-order valence-corrected chi connectivity index (χ1v) is 7.97. The van der Waals surface area contributed by atoms with Gasteiger partial charge in [0, 0.05) is 25.9 Å². The van der Waals surface area contributed by atoms with Crippen LogP contribution in [0.1, 0.15) is 19.8 Å². The van der Waals surface area contributed by atoms with Crippen LogP contribution in [0.5, 0.6) is 0 Å². The van der Waals surface area contributed by atoms with Gasteiger partial charge in [-0.3, -0.25) is 5.84 Å². The Morgan fingerprint density at radius 3 is 2.55 bits per heavy atom. The van der Waals surface area contributed by atoms with Crippen molar-refractivity contribution in [2.24, 2.45) is 5.84 Å². The highest BCUT2D eigenvalue weighted by Gasteiger charge is 2.36. The van der Waals surface area contributed by atoms with E-state index in [0.29, 0.717) is 18.8 Å². The number of benzene rings is 1. The molecule has 1 unspecified atom stereocenters. The fourth-order valence-electron chi connectivity index (χ4n) is 2.40. The predicted octanol–water partition coefficient (Wildman–Crippen LogP) is 1.16. The minimum Gasteiger partial charge on any atom is -0.377 e. The fraction of sp³-hybridized carbons (Fsp3) is 0.538. The van der Waals surface area contributed by atoms with E-state index in [1.54, 1.807) is 31.4 Å². The molecule has 7 heteroatoms. The Bertz CT molecular complexity index is 559. The number of nitrogens with two attached hydrogens (primary N) is 1. The topological polar surface area (TPSA) is 84.7 Å². The van der Waals surface area contributed by atoms with Crippen LogP contribution in [0.25, 0.3) is 0 Å². The number of nitrogens with one attached hydrogen (secondary N) is 1. The molecule has 1 aromatic carbocycles. The van der Waals surface area contributed by atoms with E-state index in [1.165, 1.54) is 4.31 Å². The quantitative estimate of drug-likeness (QED) is 0.644. The molecule has 1 fully saturated rings. The van der Waals surface area contributed by atoms with Crippen LogP contribution in [-0.2, 0) is 14.8 Å². The van der Waals surface area contributed by atoms with Gasteiger partial charge in [-0.2, -0.15) is 4.31 Å². The van der Waals surface area contributed by atoms with Crippen molar-refractivity contribution < 1.29 is 13.2 Å². The van der Waals surface area contributed by atoms with Crippen LogP contribution in [0.4, 0.5) is 5.69 Å². The average Bonchev–Trinajstić information content (AvgIpc) is 2.47. The molecular weight excluding hydrogens is 278 g/mol. The number of piperidine rings is 1. The average molecular weight is 299 g/mol. The molecule has 1 aromatic rings. The van der Waals surface area contributed by atoms with E-state index >= 15 is 0 Å². The van der Waals surface area contributed by atoms with Crippen LogP contribution in [0, 0.1) is 0 Å². The summed E-state index contributed by atoms with van der Waals surface area (Å²) in [5.41, 5.74) is 2.74. The van der Waals surface area contributed by atoms with Gasteiger partial charge in [0.25, 0.3) is 0 Å². The molecule has 0 amide bonds. The molecule has 112 valence electrons. The maximum atomic E-state index is 12.6. The summed E-state index contributed by atoms with van der Waals surface area (Å²) in [7, 11) is -1.86. The van der Waals surface area contributed by atoms with E-state index < -0.39 is 15.6 Å². The van der Waals surface area contributed by atoms with Gasteiger partial charge in [0.15, 0.2) is 0 Å². The summed E-state index contributed by atoms with van der Waals surface area (Å²) in [5.74, 6) is 5.28. The number of hydrogen-bond donors (Lipinski definition) is 2. The van der Waals surface area contributed by atoms with Crippen molar-refractivity contribution in [2.75, 3.05) is 25.6 Å². The van der Waals surface area contributed by atoms with Crippen LogP contribution in [0.2, 0.25) is 0 Å². The van der Waals surface area contributed by atoms with Crippen LogP contribution in [-0.4, -0.2) is 38.5 Å². The van der Waals surface area contributed by atoms with Gasteiger partial charge in [0.1, 0.15) is 0 Å². The fourth-order valence-corrected chi connectivity index (χ4v) is 4.00. The smallest absolute Gasteiger partial charge is 0.243 e. The third-order valence-corrected chi connectivity index (χ3v) is 5.63. The lowest BCUT2D eigenvalue weighted by molar-refractivity contribution is -0.0319. The molecule has 6 nitrogen and oxygen atoms in total. The van der Waals surface area contributed by atoms with Crippen molar-refractivity contribution in [3.8, 4) is 0 Å². The van der Waals surface area contributed by atoms with Gasteiger partial charge < -0.3 is 10.2 Å². The maximum Gasteiger partial charge on any atom is 0.243 e. The van der Waals surface area contributed by atoms with Gasteiger partial charge in [-0.05, 0) is 44.0 Å². The number of rotatable bonds is 4. The zero-order chi connectivity index (χ0) is 14.8. The molecule has 1 aliphatic rings. The van der Waals surface area contributed by atoms with Crippen molar-refractivity contribution in [3.05, 3.63) is 24.3 Å². The Morgan fingerprint density at radius 2 is 2.00 bits per heavy atom. The summed E-state index contributed by atoms with van der Waals surface area (Å²) in [4.78, 5) is 0.275. The molecule has 1 atom stereocenters. The molecule has 3 N–H and O–H groups in total. The van der Waals surface area contributed by atoms with E-state index in [0.717, 1.165) is 12.8 Å². The number of anilines is 1. The number of hydrazine groups is 1. The third-order valence-electron chi connectivity index (χ3n) is 3.78. The second kappa shape index (κ2) is 5.69. The number of ether oxygens (including phenoxy) is 1. The van der Waals surface area contributed by atoms with Gasteiger partial charge in [0.2, 0.25) is 10.0 Å². The predicted molar refractivity (Wildman–Crippen MR) is 77.7 cm³/mol. The molecule has 0 saturated carbocycles. The van der Waals surface area contributed by atoms with Crippen molar-refractivity contribution >= 4 is 15.7 Å². The van der Waals surface area contributed by atoms with E-state index in [2.05, 4.69) is 5.43 Å². The molecule has 0 radical (unpaired) electrons. The summed E-state index contributed by atoms with van der Waals surface area (Å²) in [6, 6.07) is 6.41. The van der Waals surface area contributed by atoms with Gasteiger partial charge in [-0.15, -0.1) is 0 Å². The zero-order valence-corrected chi connectivity index (χ0v) is 12.6. The molecular formula is C13H21N3O3S. The molecule has 0 aliphatic carbocycles. The number of sulfonamides is 1. The minimum absolute atomic E-state index is 0.275. The van der Waals surface area contributed by atoms with E-state index in [9.17, 15) is 8.42 Å². The van der Waals surface area contributed by atoms with Crippen molar-refractivity contribution in [3.63, 3.8) is 0 Å². The standard InChI is InChI=1S/C13H21N3O3S/c1-13(19-2)8-3-9-16(10-13)20(17,18)12-6-4-11(15-14)5-7-12/h4-7,15H,3,8-10,14H2,1-2H3. The molecule has 0 spiro atoms. The van der Waals surface area contributed by atoms with Gasteiger partial charge in [0.05, 0.1) is 10.5 Å². The minimum atomic E-state index is -3.48. The first-order valence-electron chi connectivity index (χ1n) is 6.53. The number of nitrogen functional groups attached to an aromatic ring is 1. The molecule has 1 aliphatic heterocycles. The second-order valence-electron chi connectivity index (χ2n) is 5.26. The van der Waals surface area contributed by atoms with Gasteiger partial charge in [-0.25, -0.2) is 8.42 Å². The highest BCUT2D eigenvalue weighted by atomic mass is 32.2. The summed E-state index contributed by atoms with van der Waals surface area (Å²) in [5, 5.41) is 0.